The number of aromatic nitrogens is 4. The molecule has 5 fully saturated rings. The van der Waals surface area contributed by atoms with E-state index in [4.69, 9.17) is 5.26 Å². The average Bonchev–Trinajstić information content (AvgIpc) is 3.49. The fourth-order valence-electron chi connectivity index (χ4n) is 7.28. The summed E-state index contributed by atoms with van der Waals surface area (Å²) in [4.78, 5) is 23.8. The van der Waals surface area contributed by atoms with E-state index in [0.717, 1.165) is 63.5 Å². The van der Waals surface area contributed by atoms with Crippen molar-refractivity contribution in [3.63, 3.8) is 0 Å². The minimum atomic E-state index is -4.63. The average molecular weight is 512 g/mol. The summed E-state index contributed by atoms with van der Waals surface area (Å²) in [6.45, 7) is 3.15. The molecule has 1 N–H and O–H groups in total. The van der Waals surface area contributed by atoms with E-state index in [0.29, 0.717) is 29.7 Å². The smallest absolute Gasteiger partial charge is 0.328 e. The standard InChI is InChI=1S/C26H28F3N7O/c27-26(28,29)20-18(9-30)4-15(10-31-20)3-16-5-24(6-16)11-35(12-24)23(37)36-13-25(14-36)7-19(8-25)22-32-21(33-34-22)17-1-2-17/h4,10,16-17,19H,1-3,5-8,11-14H2,(H,32,33,34). The van der Waals surface area contributed by atoms with Gasteiger partial charge in [-0.1, -0.05) is 0 Å². The Morgan fingerprint density at radius 3 is 2.19 bits per heavy atom. The van der Waals surface area contributed by atoms with E-state index in [1.165, 1.54) is 25.1 Å². The first kappa shape index (κ1) is 23.0. The van der Waals surface area contributed by atoms with Crippen molar-refractivity contribution < 1.29 is 18.0 Å². The molecule has 37 heavy (non-hydrogen) atoms. The largest absolute Gasteiger partial charge is 0.434 e. The Morgan fingerprint density at radius 1 is 1.03 bits per heavy atom. The number of hydrogen-bond acceptors (Lipinski definition) is 5. The van der Waals surface area contributed by atoms with Crippen molar-refractivity contribution in [2.45, 2.75) is 63.0 Å². The highest BCUT2D eigenvalue weighted by Gasteiger charge is 2.58. The Labute approximate surface area is 212 Å². The van der Waals surface area contributed by atoms with Crippen LogP contribution in [0.5, 0.6) is 0 Å². The number of likely N-dealkylation sites (tertiary alicyclic amines) is 2. The summed E-state index contributed by atoms with van der Waals surface area (Å²) in [5, 5.41) is 17.7. The number of hydrogen-bond donors (Lipinski definition) is 1. The van der Waals surface area contributed by atoms with Crippen molar-refractivity contribution in [1.29, 1.82) is 5.26 Å². The zero-order valence-electron chi connectivity index (χ0n) is 20.4. The van der Waals surface area contributed by atoms with Crippen LogP contribution < -0.4 is 0 Å². The number of nitrogens with one attached hydrogen (secondary N) is 1. The summed E-state index contributed by atoms with van der Waals surface area (Å²) in [6.07, 6.45) is 3.66. The van der Waals surface area contributed by atoms with Gasteiger partial charge in [-0.3, -0.25) is 4.98 Å². The normalized spacial score (nSPS) is 24.3. The summed E-state index contributed by atoms with van der Waals surface area (Å²) in [6, 6.07) is 3.07. The van der Waals surface area contributed by atoms with Crippen LogP contribution in [-0.2, 0) is 12.6 Å². The molecule has 0 atom stereocenters. The molecule has 3 aliphatic carbocycles. The third kappa shape index (κ3) is 3.87. The molecule has 2 aromatic heterocycles. The van der Waals surface area contributed by atoms with Gasteiger partial charge in [-0.05, 0) is 62.5 Å². The van der Waals surface area contributed by atoms with Gasteiger partial charge >= 0.3 is 12.2 Å². The Balaban J connectivity index is 0.856. The highest BCUT2D eigenvalue weighted by molar-refractivity contribution is 5.77. The zero-order chi connectivity index (χ0) is 25.6. The summed E-state index contributed by atoms with van der Waals surface area (Å²) >= 11 is 0. The number of carbonyl (C=O) groups is 1. The molecule has 2 amide bonds. The van der Waals surface area contributed by atoms with Crippen molar-refractivity contribution in [2.75, 3.05) is 26.2 Å². The molecule has 2 saturated heterocycles. The first-order valence-electron chi connectivity index (χ1n) is 13.1. The van der Waals surface area contributed by atoms with Crippen molar-refractivity contribution in [3.8, 4) is 6.07 Å². The number of halogens is 3. The van der Waals surface area contributed by atoms with Crippen LogP contribution in [0.4, 0.5) is 18.0 Å². The minimum Gasteiger partial charge on any atom is -0.328 e. The van der Waals surface area contributed by atoms with Crippen molar-refractivity contribution >= 4 is 6.03 Å². The number of urea groups is 1. The summed E-state index contributed by atoms with van der Waals surface area (Å²) in [5.41, 5.74) is -0.491. The molecule has 5 aliphatic rings. The summed E-state index contributed by atoms with van der Waals surface area (Å²) < 4.78 is 38.9. The molecule has 11 heteroatoms. The number of alkyl halides is 3. The van der Waals surface area contributed by atoms with Gasteiger partial charge in [0.1, 0.15) is 17.7 Å². The minimum absolute atomic E-state index is 0.129. The molecule has 0 radical (unpaired) electrons. The summed E-state index contributed by atoms with van der Waals surface area (Å²) in [7, 11) is 0. The van der Waals surface area contributed by atoms with Crippen LogP contribution in [0.2, 0.25) is 0 Å². The Bertz CT molecular complexity index is 1280. The molecule has 2 aromatic rings. The predicted molar refractivity (Wildman–Crippen MR) is 124 cm³/mol. The highest BCUT2D eigenvalue weighted by atomic mass is 19.4. The van der Waals surface area contributed by atoms with Gasteiger partial charge in [-0.15, -0.1) is 10.2 Å². The maximum Gasteiger partial charge on any atom is 0.434 e. The van der Waals surface area contributed by atoms with Gasteiger partial charge in [-0.2, -0.15) is 18.4 Å². The molecular formula is C26H28F3N7O. The second-order valence-corrected chi connectivity index (χ2v) is 12.3. The number of amides is 2. The lowest BCUT2D eigenvalue weighted by Crippen LogP contribution is -2.70. The van der Waals surface area contributed by atoms with Crippen LogP contribution in [-0.4, -0.2) is 62.2 Å². The van der Waals surface area contributed by atoms with Gasteiger partial charge in [0, 0.05) is 55.0 Å². The number of pyridine rings is 1. The molecule has 0 bridgehead atoms. The van der Waals surface area contributed by atoms with Gasteiger partial charge in [0.05, 0.1) is 5.56 Å². The third-order valence-corrected chi connectivity index (χ3v) is 9.18. The predicted octanol–water partition coefficient (Wildman–Crippen LogP) is 4.22. The second-order valence-electron chi connectivity index (χ2n) is 12.3. The van der Waals surface area contributed by atoms with Gasteiger partial charge in [0.25, 0.3) is 0 Å². The Kier molecular flexibility index (Phi) is 4.77. The molecule has 8 nitrogen and oxygen atoms in total. The van der Waals surface area contributed by atoms with Gasteiger partial charge < -0.3 is 14.8 Å². The zero-order valence-corrected chi connectivity index (χ0v) is 20.4. The van der Waals surface area contributed by atoms with Crippen LogP contribution in [0.1, 0.15) is 78.8 Å². The number of nitriles is 1. The maximum absolute atomic E-state index is 13.0. The van der Waals surface area contributed by atoms with Crippen molar-refractivity contribution in [1.82, 2.24) is 30.0 Å². The molecule has 0 aromatic carbocycles. The molecule has 0 unspecified atom stereocenters. The molecule has 7 rings (SSSR count). The van der Waals surface area contributed by atoms with E-state index in [2.05, 4.69) is 20.2 Å². The van der Waals surface area contributed by atoms with E-state index in [1.54, 1.807) is 6.07 Å². The first-order chi connectivity index (χ1) is 17.6. The molecule has 4 heterocycles. The van der Waals surface area contributed by atoms with Crippen LogP contribution in [0, 0.1) is 28.1 Å². The second kappa shape index (κ2) is 7.68. The first-order valence-corrected chi connectivity index (χ1v) is 13.1. The van der Waals surface area contributed by atoms with Crippen molar-refractivity contribution in [3.05, 3.63) is 40.7 Å². The fourth-order valence-corrected chi connectivity index (χ4v) is 7.28. The molecule has 2 aliphatic heterocycles. The maximum atomic E-state index is 13.0. The number of carbonyl (C=O) groups excluding carboxylic acids is 1. The van der Waals surface area contributed by atoms with Crippen LogP contribution >= 0.6 is 0 Å². The number of aromatic amines is 1. The van der Waals surface area contributed by atoms with Gasteiger partial charge in [0.2, 0.25) is 0 Å². The molecule has 3 saturated carbocycles. The Hall–Kier alpha value is -3.16. The fraction of sp³-hybridized carbons (Fsp3) is 0.654. The van der Waals surface area contributed by atoms with E-state index < -0.39 is 17.4 Å². The van der Waals surface area contributed by atoms with E-state index in [9.17, 15) is 18.0 Å². The SMILES string of the molecule is N#Cc1cc(CC2CC3(C2)CN(C(=O)N2CC4(CC(c5nnc(C6CC6)[nH]5)C4)C2)C3)cnc1C(F)(F)F. The van der Waals surface area contributed by atoms with Gasteiger partial charge in [-0.25, -0.2) is 4.79 Å². The summed E-state index contributed by atoms with van der Waals surface area (Å²) in [5.74, 6) is 3.40. The van der Waals surface area contributed by atoms with Crippen LogP contribution in [0.3, 0.4) is 0 Å². The van der Waals surface area contributed by atoms with E-state index >= 15 is 0 Å². The molecule has 2 spiro atoms. The van der Waals surface area contributed by atoms with Gasteiger partial charge in [0.15, 0.2) is 5.69 Å². The van der Waals surface area contributed by atoms with E-state index in [-0.39, 0.29) is 16.9 Å². The number of rotatable bonds is 4. The van der Waals surface area contributed by atoms with Crippen LogP contribution in [0.15, 0.2) is 12.3 Å². The molecule has 194 valence electrons. The number of nitrogens with zero attached hydrogens (tertiary/aromatic N) is 6. The van der Waals surface area contributed by atoms with Crippen LogP contribution in [0.25, 0.3) is 0 Å². The highest BCUT2D eigenvalue weighted by Crippen LogP contribution is 2.57. The monoisotopic (exact) mass is 511 g/mol. The number of H-pyrrole nitrogens is 1. The lowest BCUT2D eigenvalue weighted by Gasteiger charge is -2.63. The lowest BCUT2D eigenvalue weighted by molar-refractivity contribution is -0.141. The topological polar surface area (TPSA) is 102 Å². The quantitative estimate of drug-likeness (QED) is 0.662. The Morgan fingerprint density at radius 2 is 1.62 bits per heavy atom. The molecular weight excluding hydrogens is 483 g/mol. The lowest BCUT2D eigenvalue weighted by atomic mass is 9.56. The van der Waals surface area contributed by atoms with Crippen molar-refractivity contribution in [2.24, 2.45) is 16.7 Å². The van der Waals surface area contributed by atoms with E-state index in [1.807, 2.05) is 9.80 Å². The third-order valence-electron chi connectivity index (χ3n) is 9.18.